The van der Waals surface area contributed by atoms with Crippen molar-refractivity contribution < 1.29 is 14.3 Å². The van der Waals surface area contributed by atoms with Crippen LogP contribution in [0.15, 0.2) is 30.9 Å². The number of hydrogen-bond donors (Lipinski definition) is 0. The van der Waals surface area contributed by atoms with Crippen molar-refractivity contribution in [3.8, 4) is 17.2 Å². The molecular formula is C25H31N7O3. The Morgan fingerprint density at radius 3 is 2.51 bits per heavy atom. The molecule has 2 aliphatic heterocycles. The highest BCUT2D eigenvalue weighted by Gasteiger charge is 2.28. The zero-order valence-electron chi connectivity index (χ0n) is 20.5. The summed E-state index contributed by atoms with van der Waals surface area (Å²) in [6.45, 7) is 9.49. The number of nitrogens with zero attached hydrogens (tertiary/aromatic N) is 7. The number of hydrogen-bond acceptors (Lipinski definition) is 7. The Kier molecular flexibility index (Phi) is 6.11. The van der Waals surface area contributed by atoms with Gasteiger partial charge in [-0.2, -0.15) is 15.5 Å². The van der Waals surface area contributed by atoms with Crippen molar-refractivity contribution in [1.29, 1.82) is 5.26 Å². The third kappa shape index (κ3) is 4.82. The van der Waals surface area contributed by atoms with Crippen LogP contribution in [0.2, 0.25) is 0 Å². The van der Waals surface area contributed by atoms with Crippen LogP contribution in [0.1, 0.15) is 45.2 Å². The van der Waals surface area contributed by atoms with E-state index in [0.717, 1.165) is 48.4 Å². The molecule has 184 valence electrons. The summed E-state index contributed by atoms with van der Waals surface area (Å²) in [6.07, 6.45) is 9.13. The van der Waals surface area contributed by atoms with Gasteiger partial charge in [-0.25, -0.2) is 9.31 Å². The van der Waals surface area contributed by atoms with Gasteiger partial charge in [-0.1, -0.05) is 0 Å². The predicted molar refractivity (Wildman–Crippen MR) is 130 cm³/mol. The summed E-state index contributed by atoms with van der Waals surface area (Å²) < 4.78 is 14.8. The number of rotatable bonds is 3. The van der Waals surface area contributed by atoms with E-state index in [2.05, 4.69) is 33.4 Å². The van der Waals surface area contributed by atoms with E-state index < -0.39 is 5.60 Å². The molecule has 35 heavy (non-hydrogen) atoms. The number of aromatic nitrogens is 4. The molecule has 3 aromatic heterocycles. The summed E-state index contributed by atoms with van der Waals surface area (Å²) in [5, 5.41) is 18.8. The highest BCUT2D eigenvalue weighted by molar-refractivity contribution is 5.83. The van der Waals surface area contributed by atoms with Gasteiger partial charge in [-0.3, -0.25) is 4.68 Å². The molecule has 5 heterocycles. The summed E-state index contributed by atoms with van der Waals surface area (Å²) in [5.74, 6) is 0. The van der Waals surface area contributed by atoms with E-state index in [-0.39, 0.29) is 6.09 Å². The molecule has 0 spiro atoms. The maximum Gasteiger partial charge on any atom is 0.410 e. The molecular weight excluding hydrogens is 446 g/mol. The van der Waals surface area contributed by atoms with Gasteiger partial charge < -0.3 is 19.3 Å². The van der Waals surface area contributed by atoms with Crippen LogP contribution in [0.3, 0.4) is 0 Å². The van der Waals surface area contributed by atoms with E-state index in [0.29, 0.717) is 37.8 Å². The van der Waals surface area contributed by atoms with Crippen LogP contribution in [0.25, 0.3) is 16.6 Å². The van der Waals surface area contributed by atoms with Crippen LogP contribution >= 0.6 is 0 Å². The van der Waals surface area contributed by atoms with Gasteiger partial charge in [0.15, 0.2) is 0 Å². The Hall–Kier alpha value is -3.58. The van der Waals surface area contributed by atoms with E-state index in [1.165, 1.54) is 0 Å². The van der Waals surface area contributed by atoms with Crippen molar-refractivity contribution in [2.45, 2.75) is 45.3 Å². The van der Waals surface area contributed by atoms with E-state index in [4.69, 9.17) is 9.47 Å². The molecule has 0 N–H and O–H groups in total. The van der Waals surface area contributed by atoms with Crippen LogP contribution in [0.4, 0.5) is 10.5 Å². The van der Waals surface area contributed by atoms with Crippen molar-refractivity contribution in [2.24, 2.45) is 0 Å². The first-order chi connectivity index (χ1) is 16.8. The lowest BCUT2D eigenvalue weighted by atomic mass is 10.1. The maximum absolute atomic E-state index is 12.5. The number of piperazine rings is 1. The fourth-order valence-electron chi connectivity index (χ4n) is 4.67. The third-order valence-electron chi connectivity index (χ3n) is 6.48. The number of carbonyl (C=O) groups is 1. The molecule has 0 aromatic carbocycles. The number of ether oxygens (including phenoxy) is 2. The minimum atomic E-state index is -0.525. The average Bonchev–Trinajstić information content (AvgIpc) is 3.50. The van der Waals surface area contributed by atoms with Crippen molar-refractivity contribution in [1.82, 2.24) is 24.3 Å². The molecule has 5 rings (SSSR count). The molecule has 10 heteroatoms. The first kappa shape index (κ1) is 23.2. The van der Waals surface area contributed by atoms with Crippen LogP contribution in [-0.4, -0.2) is 75.4 Å². The standard InChI is InChI=1S/C25H31N7O3/c1-25(2,3)35-24(33)30-8-6-29(7-9-30)22-12-18(16-32-23(22)19(13-26)14-28-32)20-15-27-31(17-20)21-4-10-34-11-5-21/h12,14-17,21H,4-11H2,1-3H3. The lowest BCUT2D eigenvalue weighted by Gasteiger charge is -2.37. The fourth-order valence-corrected chi connectivity index (χ4v) is 4.67. The minimum absolute atomic E-state index is 0.293. The quantitative estimate of drug-likeness (QED) is 0.569. The monoisotopic (exact) mass is 477 g/mol. The van der Waals surface area contributed by atoms with Crippen molar-refractivity contribution in [2.75, 3.05) is 44.3 Å². The molecule has 0 bridgehead atoms. The zero-order chi connectivity index (χ0) is 24.6. The van der Waals surface area contributed by atoms with Gasteiger partial charge in [-0.15, -0.1) is 0 Å². The molecule has 1 amide bonds. The summed E-state index contributed by atoms with van der Waals surface area (Å²) in [7, 11) is 0. The van der Waals surface area contributed by atoms with Crippen LogP contribution in [0, 0.1) is 11.3 Å². The Labute approximate surface area is 204 Å². The highest BCUT2D eigenvalue weighted by Crippen LogP contribution is 2.32. The Bertz CT molecular complexity index is 1250. The molecule has 2 aliphatic rings. The average molecular weight is 478 g/mol. The normalized spacial score (nSPS) is 17.5. The van der Waals surface area contributed by atoms with Gasteiger partial charge >= 0.3 is 6.09 Å². The molecule has 3 aromatic rings. The van der Waals surface area contributed by atoms with Gasteiger partial charge in [0.05, 0.1) is 29.7 Å². The van der Waals surface area contributed by atoms with Crippen LogP contribution < -0.4 is 4.90 Å². The molecule has 10 nitrogen and oxygen atoms in total. The van der Waals surface area contributed by atoms with Crippen LogP contribution in [0.5, 0.6) is 0 Å². The van der Waals surface area contributed by atoms with Gasteiger partial charge in [0.1, 0.15) is 17.2 Å². The van der Waals surface area contributed by atoms with E-state index in [1.54, 1.807) is 15.6 Å². The third-order valence-corrected chi connectivity index (χ3v) is 6.48. The predicted octanol–water partition coefficient (Wildman–Crippen LogP) is 3.48. The molecule has 2 saturated heterocycles. The molecule has 2 fully saturated rings. The Balaban J connectivity index is 1.42. The summed E-state index contributed by atoms with van der Waals surface area (Å²) in [4.78, 5) is 16.5. The van der Waals surface area contributed by atoms with Gasteiger partial charge in [0, 0.05) is 62.9 Å². The molecule has 0 saturated carbocycles. The Morgan fingerprint density at radius 1 is 1.09 bits per heavy atom. The van der Waals surface area contributed by atoms with Gasteiger partial charge in [0.2, 0.25) is 0 Å². The molecule has 0 atom stereocenters. The summed E-state index contributed by atoms with van der Waals surface area (Å²) >= 11 is 0. The van der Waals surface area contributed by atoms with Gasteiger partial charge in [0.25, 0.3) is 0 Å². The second-order valence-electron chi connectivity index (χ2n) is 10.1. The maximum atomic E-state index is 12.5. The van der Waals surface area contributed by atoms with Crippen molar-refractivity contribution in [3.05, 3.63) is 36.4 Å². The second kappa shape index (κ2) is 9.23. The highest BCUT2D eigenvalue weighted by atomic mass is 16.6. The van der Waals surface area contributed by atoms with E-state index in [1.807, 2.05) is 37.8 Å². The number of fused-ring (bicyclic) bond motifs is 1. The smallest absolute Gasteiger partial charge is 0.410 e. The largest absolute Gasteiger partial charge is 0.444 e. The summed E-state index contributed by atoms with van der Waals surface area (Å²) in [5.41, 5.74) is 3.69. The van der Waals surface area contributed by atoms with E-state index >= 15 is 0 Å². The molecule has 0 radical (unpaired) electrons. The minimum Gasteiger partial charge on any atom is -0.444 e. The number of nitriles is 1. The van der Waals surface area contributed by atoms with Crippen molar-refractivity contribution >= 4 is 17.3 Å². The number of pyridine rings is 1. The molecule has 0 aliphatic carbocycles. The number of amides is 1. The molecule has 0 unspecified atom stereocenters. The first-order valence-corrected chi connectivity index (χ1v) is 12.1. The van der Waals surface area contributed by atoms with E-state index in [9.17, 15) is 10.1 Å². The first-order valence-electron chi connectivity index (χ1n) is 12.1. The zero-order valence-corrected chi connectivity index (χ0v) is 20.5. The lowest BCUT2D eigenvalue weighted by Crippen LogP contribution is -2.50. The van der Waals surface area contributed by atoms with Crippen LogP contribution in [-0.2, 0) is 9.47 Å². The summed E-state index contributed by atoms with van der Waals surface area (Å²) in [6, 6.07) is 4.71. The number of carbonyl (C=O) groups excluding carboxylic acids is 1. The topological polar surface area (TPSA) is 101 Å². The second-order valence-corrected chi connectivity index (χ2v) is 10.1. The Morgan fingerprint density at radius 2 is 1.83 bits per heavy atom. The van der Waals surface area contributed by atoms with Gasteiger partial charge in [-0.05, 0) is 39.7 Å². The fraction of sp³-hybridized carbons (Fsp3) is 0.520. The number of anilines is 1. The lowest BCUT2D eigenvalue weighted by molar-refractivity contribution is 0.0240. The SMILES string of the molecule is CC(C)(C)OC(=O)N1CCN(c2cc(-c3cnn(C4CCOCC4)c3)cn3ncc(C#N)c23)CC1. The van der Waals surface area contributed by atoms with Crippen molar-refractivity contribution in [3.63, 3.8) is 0 Å².